The first kappa shape index (κ1) is 11.9. The number of pyridine rings is 1. The first-order chi connectivity index (χ1) is 8.16. The number of hydrogen-bond acceptors (Lipinski definition) is 3. The van der Waals surface area contributed by atoms with E-state index in [1.54, 1.807) is 37.4 Å². The van der Waals surface area contributed by atoms with Gasteiger partial charge in [-0.2, -0.15) is 0 Å². The minimum atomic E-state index is -0.531. The lowest BCUT2D eigenvalue weighted by atomic mass is 10.2. The highest BCUT2D eigenvalue weighted by Crippen LogP contribution is 2.27. The van der Waals surface area contributed by atoms with Crippen molar-refractivity contribution in [1.29, 1.82) is 0 Å². The summed E-state index contributed by atoms with van der Waals surface area (Å²) < 4.78 is 5.52. The van der Waals surface area contributed by atoms with Gasteiger partial charge in [0.1, 0.15) is 5.75 Å². The first-order valence-electron chi connectivity index (χ1n) is 5.23. The molecule has 0 aliphatic heterocycles. The van der Waals surface area contributed by atoms with E-state index in [1.807, 2.05) is 12.1 Å². The molecule has 1 aromatic heterocycles. The van der Waals surface area contributed by atoms with Gasteiger partial charge >= 0.3 is 0 Å². The van der Waals surface area contributed by atoms with E-state index in [4.69, 9.17) is 16.3 Å². The van der Waals surface area contributed by atoms with Gasteiger partial charge in [0.25, 0.3) is 0 Å². The molecule has 1 aromatic carbocycles. The Labute approximate surface area is 105 Å². The average Bonchev–Trinajstić information content (AvgIpc) is 2.33. The fourth-order valence-electron chi connectivity index (χ4n) is 1.34. The molecule has 0 amide bonds. The van der Waals surface area contributed by atoms with Crippen LogP contribution in [0, 0.1) is 0 Å². The summed E-state index contributed by atoms with van der Waals surface area (Å²) in [5.74, 6) is 1.01. The number of nitrogens with zero attached hydrogens (tertiary/aromatic N) is 1. The molecule has 0 bridgehead atoms. The molecule has 0 radical (unpaired) electrons. The molecule has 17 heavy (non-hydrogen) atoms. The largest absolute Gasteiger partial charge is 0.437 e. The number of aliphatic hydroxyl groups is 1. The molecule has 0 saturated carbocycles. The van der Waals surface area contributed by atoms with Crippen molar-refractivity contribution in [3.63, 3.8) is 0 Å². The van der Waals surface area contributed by atoms with E-state index in [0.29, 0.717) is 16.7 Å². The molecule has 2 rings (SSSR count). The van der Waals surface area contributed by atoms with E-state index >= 15 is 0 Å². The van der Waals surface area contributed by atoms with Crippen molar-refractivity contribution in [2.24, 2.45) is 0 Å². The molecule has 0 spiro atoms. The monoisotopic (exact) mass is 249 g/mol. The third-order valence-corrected chi connectivity index (χ3v) is 2.61. The van der Waals surface area contributed by atoms with Gasteiger partial charge in [0.2, 0.25) is 5.88 Å². The molecule has 1 N–H and O–H groups in total. The number of para-hydroxylation sites is 1. The number of aliphatic hydroxyl groups excluding tert-OH is 1. The zero-order valence-corrected chi connectivity index (χ0v) is 10.1. The van der Waals surface area contributed by atoms with Gasteiger partial charge in [0.05, 0.1) is 11.1 Å². The van der Waals surface area contributed by atoms with Crippen LogP contribution in [0.1, 0.15) is 18.6 Å². The highest BCUT2D eigenvalue weighted by molar-refractivity contribution is 6.32. The molecule has 0 aliphatic carbocycles. The maximum atomic E-state index is 9.35. The maximum absolute atomic E-state index is 9.35. The standard InChI is InChI=1S/C13H12ClNO2/c1-9(16)10-6-7-13(15-8-10)17-12-5-3-2-4-11(12)14/h2-9,16H,1H3/t9-/m1/s1. The Morgan fingerprint density at radius 2 is 2.00 bits per heavy atom. The molecule has 2 aromatic rings. The normalized spacial score (nSPS) is 12.2. The van der Waals surface area contributed by atoms with Crippen molar-refractivity contribution in [2.75, 3.05) is 0 Å². The van der Waals surface area contributed by atoms with Crippen LogP contribution in [-0.2, 0) is 0 Å². The summed E-state index contributed by atoms with van der Waals surface area (Å²) in [7, 11) is 0. The van der Waals surface area contributed by atoms with Crippen molar-refractivity contribution in [3.05, 3.63) is 53.2 Å². The molecular weight excluding hydrogens is 238 g/mol. The van der Waals surface area contributed by atoms with Crippen LogP contribution in [-0.4, -0.2) is 10.1 Å². The quantitative estimate of drug-likeness (QED) is 0.904. The van der Waals surface area contributed by atoms with Gasteiger partial charge in [-0.1, -0.05) is 23.7 Å². The first-order valence-corrected chi connectivity index (χ1v) is 5.61. The fourth-order valence-corrected chi connectivity index (χ4v) is 1.51. The Morgan fingerprint density at radius 1 is 1.24 bits per heavy atom. The summed E-state index contributed by atoms with van der Waals surface area (Å²) in [6, 6.07) is 10.7. The molecule has 3 nitrogen and oxygen atoms in total. The second kappa shape index (κ2) is 5.17. The highest BCUT2D eigenvalue weighted by atomic mass is 35.5. The minimum Gasteiger partial charge on any atom is -0.437 e. The van der Waals surface area contributed by atoms with E-state index in [9.17, 15) is 5.11 Å². The van der Waals surface area contributed by atoms with Gasteiger partial charge in [-0.05, 0) is 30.7 Å². The van der Waals surface area contributed by atoms with E-state index in [1.165, 1.54) is 0 Å². The number of rotatable bonds is 3. The molecule has 1 heterocycles. The minimum absolute atomic E-state index is 0.447. The Morgan fingerprint density at radius 3 is 2.59 bits per heavy atom. The van der Waals surface area contributed by atoms with Crippen molar-refractivity contribution in [1.82, 2.24) is 4.98 Å². The molecule has 4 heteroatoms. The lowest BCUT2D eigenvalue weighted by Gasteiger charge is -2.08. The number of hydrogen-bond donors (Lipinski definition) is 1. The van der Waals surface area contributed by atoms with Crippen LogP contribution in [0.4, 0.5) is 0 Å². The number of halogens is 1. The van der Waals surface area contributed by atoms with Crippen LogP contribution in [0.2, 0.25) is 5.02 Å². The van der Waals surface area contributed by atoms with E-state index in [0.717, 1.165) is 5.56 Å². The van der Waals surface area contributed by atoms with Crippen LogP contribution in [0.3, 0.4) is 0 Å². The van der Waals surface area contributed by atoms with E-state index in [-0.39, 0.29) is 0 Å². The Hall–Kier alpha value is -1.58. The van der Waals surface area contributed by atoms with Gasteiger partial charge in [-0.25, -0.2) is 4.98 Å². The molecule has 0 fully saturated rings. The third kappa shape index (κ3) is 2.96. The highest BCUT2D eigenvalue weighted by Gasteiger charge is 2.04. The maximum Gasteiger partial charge on any atom is 0.219 e. The Kier molecular flexibility index (Phi) is 3.61. The van der Waals surface area contributed by atoms with Crippen LogP contribution in [0.25, 0.3) is 0 Å². The molecule has 0 aliphatic rings. The average molecular weight is 250 g/mol. The van der Waals surface area contributed by atoms with Gasteiger partial charge in [-0.15, -0.1) is 0 Å². The van der Waals surface area contributed by atoms with Gasteiger partial charge in [0, 0.05) is 12.3 Å². The van der Waals surface area contributed by atoms with Gasteiger partial charge < -0.3 is 9.84 Å². The predicted octanol–water partition coefficient (Wildman–Crippen LogP) is 3.58. The summed E-state index contributed by atoms with van der Waals surface area (Å²) in [5, 5.41) is 9.88. The van der Waals surface area contributed by atoms with Crippen molar-refractivity contribution >= 4 is 11.6 Å². The molecule has 0 unspecified atom stereocenters. The third-order valence-electron chi connectivity index (χ3n) is 2.29. The smallest absolute Gasteiger partial charge is 0.219 e. The number of benzene rings is 1. The van der Waals surface area contributed by atoms with Crippen molar-refractivity contribution < 1.29 is 9.84 Å². The fraction of sp³-hybridized carbons (Fsp3) is 0.154. The van der Waals surface area contributed by atoms with E-state index < -0.39 is 6.10 Å². The van der Waals surface area contributed by atoms with Crippen LogP contribution < -0.4 is 4.74 Å². The lowest BCUT2D eigenvalue weighted by Crippen LogP contribution is -1.93. The second-order valence-electron chi connectivity index (χ2n) is 3.64. The molecule has 88 valence electrons. The summed E-state index contributed by atoms with van der Waals surface area (Å²) in [4.78, 5) is 4.10. The second-order valence-corrected chi connectivity index (χ2v) is 4.05. The SMILES string of the molecule is C[C@@H](O)c1ccc(Oc2ccccc2Cl)nc1. The topological polar surface area (TPSA) is 42.4 Å². The zero-order chi connectivity index (χ0) is 12.3. The summed E-state index contributed by atoms with van der Waals surface area (Å²) >= 11 is 5.96. The predicted molar refractivity (Wildman–Crippen MR) is 66.4 cm³/mol. The Bertz CT molecular complexity index is 497. The Balaban J connectivity index is 2.17. The molecule has 0 saturated heterocycles. The lowest BCUT2D eigenvalue weighted by molar-refractivity contribution is 0.198. The summed E-state index contributed by atoms with van der Waals surface area (Å²) in [6.45, 7) is 1.69. The zero-order valence-electron chi connectivity index (χ0n) is 9.30. The summed E-state index contributed by atoms with van der Waals surface area (Å²) in [6.07, 6.45) is 1.05. The van der Waals surface area contributed by atoms with Crippen LogP contribution in [0.5, 0.6) is 11.6 Å². The van der Waals surface area contributed by atoms with Crippen LogP contribution >= 0.6 is 11.6 Å². The van der Waals surface area contributed by atoms with E-state index in [2.05, 4.69) is 4.98 Å². The molecular formula is C13H12ClNO2. The van der Waals surface area contributed by atoms with Crippen molar-refractivity contribution in [2.45, 2.75) is 13.0 Å². The van der Waals surface area contributed by atoms with Gasteiger partial charge in [-0.3, -0.25) is 0 Å². The summed E-state index contributed by atoms with van der Waals surface area (Å²) in [5.41, 5.74) is 0.747. The molecule has 1 atom stereocenters. The number of aromatic nitrogens is 1. The van der Waals surface area contributed by atoms with Crippen molar-refractivity contribution in [3.8, 4) is 11.6 Å². The van der Waals surface area contributed by atoms with Gasteiger partial charge in [0.15, 0.2) is 0 Å². The number of ether oxygens (including phenoxy) is 1. The van der Waals surface area contributed by atoms with Crippen LogP contribution in [0.15, 0.2) is 42.6 Å².